The Morgan fingerprint density at radius 3 is 2.14 bits per heavy atom. The molecule has 0 radical (unpaired) electrons. The minimum atomic E-state index is -0.515. The molecule has 4 nitrogen and oxygen atoms in total. The number of ketones is 1. The van der Waals surface area contributed by atoms with Crippen LogP contribution >= 0.6 is 0 Å². The molecule has 2 aromatic rings. The Bertz CT molecular complexity index is 750. The minimum Gasteiger partial charge on any atom is -0.357 e. The fourth-order valence-corrected chi connectivity index (χ4v) is 2.75. The first-order valence-electron chi connectivity index (χ1n) is 6.90. The van der Waals surface area contributed by atoms with Crippen LogP contribution in [0.1, 0.15) is 23.2 Å². The molecular formula is C17H13N3O. The molecule has 0 fully saturated rings. The van der Waals surface area contributed by atoms with Crippen LogP contribution < -0.4 is 5.32 Å². The largest absolute Gasteiger partial charge is 0.357 e. The van der Waals surface area contributed by atoms with Gasteiger partial charge >= 0.3 is 0 Å². The topological polar surface area (TPSA) is 53.8 Å². The first kappa shape index (κ1) is 12.0. The van der Waals surface area contributed by atoms with Crippen LogP contribution in [0.3, 0.4) is 0 Å². The summed E-state index contributed by atoms with van der Waals surface area (Å²) in [5.41, 5.74) is 2.70. The Labute approximate surface area is 122 Å². The first-order valence-corrected chi connectivity index (χ1v) is 6.90. The van der Waals surface area contributed by atoms with Crippen LogP contribution in [0.25, 0.3) is 0 Å². The molecule has 2 aliphatic heterocycles. The summed E-state index contributed by atoms with van der Waals surface area (Å²) >= 11 is 0. The number of benzene rings is 2. The van der Waals surface area contributed by atoms with Gasteiger partial charge in [0, 0.05) is 0 Å². The van der Waals surface area contributed by atoms with Gasteiger partial charge in [-0.25, -0.2) is 0 Å². The lowest BCUT2D eigenvalue weighted by Crippen LogP contribution is -2.40. The van der Waals surface area contributed by atoms with E-state index in [0.29, 0.717) is 5.82 Å². The molecule has 2 aliphatic rings. The predicted octanol–water partition coefficient (Wildman–Crippen LogP) is 3.32. The third kappa shape index (κ3) is 1.88. The Morgan fingerprint density at radius 2 is 1.48 bits per heavy atom. The maximum atomic E-state index is 12.7. The fraction of sp³-hybridized carbons (Fsp3) is 0.118. The summed E-state index contributed by atoms with van der Waals surface area (Å²) in [4.78, 5) is 12.7. The highest BCUT2D eigenvalue weighted by Crippen LogP contribution is 2.41. The lowest BCUT2D eigenvalue weighted by molar-refractivity contribution is -0.118. The zero-order chi connectivity index (χ0) is 14.2. The van der Waals surface area contributed by atoms with E-state index in [1.54, 1.807) is 0 Å². The molecule has 0 bridgehead atoms. The monoisotopic (exact) mass is 275 g/mol. The van der Waals surface area contributed by atoms with Gasteiger partial charge in [0.15, 0.2) is 17.6 Å². The Balaban J connectivity index is 1.67. The molecule has 4 heteroatoms. The molecule has 0 saturated heterocycles. The van der Waals surface area contributed by atoms with E-state index >= 15 is 0 Å². The molecule has 102 valence electrons. The Morgan fingerprint density at radius 1 is 0.857 bits per heavy atom. The summed E-state index contributed by atoms with van der Waals surface area (Å²) in [5, 5.41) is 11.5. The molecule has 2 heterocycles. The number of rotatable bonds is 2. The number of hydrogen-bond acceptors (Lipinski definition) is 4. The highest BCUT2D eigenvalue weighted by molar-refractivity contribution is 6.03. The molecule has 0 aliphatic carbocycles. The van der Waals surface area contributed by atoms with Gasteiger partial charge in [0.2, 0.25) is 0 Å². The van der Waals surface area contributed by atoms with Crippen LogP contribution in [-0.2, 0) is 4.79 Å². The summed E-state index contributed by atoms with van der Waals surface area (Å²) < 4.78 is 0. The SMILES string of the molecule is O=C1C2=C(N=NC1c1ccccc1)NC2c1ccccc1. The molecule has 21 heavy (non-hydrogen) atoms. The number of hydrogen-bond donors (Lipinski definition) is 1. The molecule has 2 unspecified atom stereocenters. The lowest BCUT2D eigenvalue weighted by Gasteiger charge is -2.35. The summed E-state index contributed by atoms with van der Waals surface area (Å²) in [6.45, 7) is 0. The minimum absolute atomic E-state index is 0.0406. The summed E-state index contributed by atoms with van der Waals surface area (Å²) in [6, 6.07) is 18.9. The van der Waals surface area contributed by atoms with Crippen molar-refractivity contribution < 1.29 is 4.79 Å². The quantitative estimate of drug-likeness (QED) is 0.914. The lowest BCUT2D eigenvalue weighted by atomic mass is 9.85. The molecule has 2 aromatic carbocycles. The van der Waals surface area contributed by atoms with E-state index in [2.05, 4.69) is 15.5 Å². The van der Waals surface area contributed by atoms with Crippen molar-refractivity contribution in [1.82, 2.24) is 5.32 Å². The van der Waals surface area contributed by atoms with Crippen molar-refractivity contribution in [1.29, 1.82) is 0 Å². The highest BCUT2D eigenvalue weighted by atomic mass is 16.1. The van der Waals surface area contributed by atoms with E-state index in [1.807, 2.05) is 60.7 Å². The second kappa shape index (κ2) is 4.66. The van der Waals surface area contributed by atoms with Gasteiger partial charge in [-0.1, -0.05) is 60.7 Å². The van der Waals surface area contributed by atoms with Crippen molar-refractivity contribution in [3.05, 3.63) is 83.2 Å². The molecule has 0 amide bonds. The first-order chi connectivity index (χ1) is 10.3. The van der Waals surface area contributed by atoms with Gasteiger partial charge in [-0.15, -0.1) is 5.11 Å². The van der Waals surface area contributed by atoms with Crippen molar-refractivity contribution in [3.63, 3.8) is 0 Å². The number of carbonyl (C=O) groups is 1. The third-order valence-electron chi connectivity index (χ3n) is 3.86. The van der Waals surface area contributed by atoms with Gasteiger partial charge in [0.1, 0.15) is 0 Å². The van der Waals surface area contributed by atoms with E-state index < -0.39 is 6.04 Å². The zero-order valence-corrected chi connectivity index (χ0v) is 11.2. The standard InChI is InChI=1S/C17H13N3O/c21-16-13-14(11-7-3-1-4-8-11)18-17(13)20-19-15(16)12-9-5-2-6-10-12/h1-10,14-15,18H. The summed E-state index contributed by atoms with van der Waals surface area (Å²) in [7, 11) is 0. The average molecular weight is 275 g/mol. The number of azo groups is 1. The van der Waals surface area contributed by atoms with Gasteiger partial charge in [0.05, 0.1) is 11.6 Å². The molecule has 2 atom stereocenters. The molecular weight excluding hydrogens is 262 g/mol. The van der Waals surface area contributed by atoms with E-state index in [4.69, 9.17) is 0 Å². The van der Waals surface area contributed by atoms with E-state index in [-0.39, 0.29) is 11.8 Å². The van der Waals surface area contributed by atoms with Gasteiger partial charge in [0.25, 0.3) is 0 Å². The maximum Gasteiger partial charge on any atom is 0.195 e. The van der Waals surface area contributed by atoms with Gasteiger partial charge in [-0.3, -0.25) is 4.79 Å². The Hall–Kier alpha value is -2.75. The second-order valence-electron chi connectivity index (χ2n) is 5.14. The van der Waals surface area contributed by atoms with Crippen molar-refractivity contribution in [2.45, 2.75) is 12.1 Å². The summed E-state index contributed by atoms with van der Waals surface area (Å²) in [6.07, 6.45) is 0. The Kier molecular flexibility index (Phi) is 2.67. The van der Waals surface area contributed by atoms with Crippen LogP contribution in [0.4, 0.5) is 0 Å². The number of nitrogens with one attached hydrogen (secondary N) is 1. The van der Waals surface area contributed by atoms with Crippen molar-refractivity contribution >= 4 is 5.78 Å². The molecule has 0 spiro atoms. The van der Waals surface area contributed by atoms with Crippen molar-refractivity contribution in [3.8, 4) is 0 Å². The molecule has 0 saturated carbocycles. The summed E-state index contributed by atoms with van der Waals surface area (Å²) in [5.74, 6) is 0.653. The predicted molar refractivity (Wildman–Crippen MR) is 78.4 cm³/mol. The highest BCUT2D eigenvalue weighted by Gasteiger charge is 2.41. The normalized spacial score (nSPS) is 23.3. The van der Waals surface area contributed by atoms with Gasteiger partial charge < -0.3 is 5.32 Å². The van der Waals surface area contributed by atoms with E-state index in [9.17, 15) is 4.79 Å². The zero-order valence-electron chi connectivity index (χ0n) is 11.2. The number of carbonyl (C=O) groups excluding carboxylic acids is 1. The van der Waals surface area contributed by atoms with Crippen LogP contribution in [0.2, 0.25) is 0 Å². The van der Waals surface area contributed by atoms with E-state index in [1.165, 1.54) is 0 Å². The molecule has 4 rings (SSSR count). The second-order valence-corrected chi connectivity index (χ2v) is 5.14. The number of Topliss-reactive ketones (excluding diaryl/α,β-unsaturated/α-hetero) is 1. The fourth-order valence-electron chi connectivity index (χ4n) is 2.75. The number of nitrogens with zero attached hydrogens (tertiary/aromatic N) is 2. The maximum absolute atomic E-state index is 12.7. The van der Waals surface area contributed by atoms with Crippen LogP contribution in [0.15, 0.2) is 82.3 Å². The average Bonchev–Trinajstić information content (AvgIpc) is 2.51. The van der Waals surface area contributed by atoms with E-state index in [0.717, 1.165) is 16.7 Å². The van der Waals surface area contributed by atoms with Crippen LogP contribution in [0, 0.1) is 0 Å². The van der Waals surface area contributed by atoms with Crippen LogP contribution in [0.5, 0.6) is 0 Å². The molecule has 1 N–H and O–H groups in total. The van der Waals surface area contributed by atoms with Gasteiger partial charge in [-0.05, 0) is 11.1 Å². The van der Waals surface area contributed by atoms with Crippen molar-refractivity contribution in [2.24, 2.45) is 10.2 Å². The van der Waals surface area contributed by atoms with Gasteiger partial charge in [-0.2, -0.15) is 5.11 Å². The third-order valence-corrected chi connectivity index (χ3v) is 3.86. The van der Waals surface area contributed by atoms with Crippen LogP contribution in [-0.4, -0.2) is 5.78 Å². The molecule has 0 aromatic heterocycles. The van der Waals surface area contributed by atoms with Crippen molar-refractivity contribution in [2.75, 3.05) is 0 Å². The smallest absolute Gasteiger partial charge is 0.195 e.